The van der Waals surface area contributed by atoms with Crippen molar-refractivity contribution in [3.8, 4) is 0 Å². The molecule has 19 heavy (non-hydrogen) atoms. The fourth-order valence-electron chi connectivity index (χ4n) is 4.14. The molecule has 1 saturated carbocycles. The minimum atomic E-state index is 0.708. The molecule has 2 aliphatic rings. The smallest absolute Gasteiger partial charge is 0.0192 e. The summed E-state index contributed by atoms with van der Waals surface area (Å²) in [5, 5.41) is 3.59. The average molecular weight is 267 g/mol. The van der Waals surface area contributed by atoms with Crippen LogP contribution in [0.1, 0.15) is 33.6 Å². The molecule has 0 aromatic rings. The van der Waals surface area contributed by atoms with Crippen molar-refractivity contribution in [2.45, 2.75) is 45.7 Å². The summed E-state index contributed by atoms with van der Waals surface area (Å²) in [6, 6.07) is 1.42. The largest absolute Gasteiger partial charge is 0.317 e. The van der Waals surface area contributed by atoms with Gasteiger partial charge < -0.3 is 15.1 Å². The van der Waals surface area contributed by atoms with E-state index in [1.165, 1.54) is 39.0 Å². The van der Waals surface area contributed by atoms with Crippen molar-refractivity contribution in [1.29, 1.82) is 0 Å². The first kappa shape index (κ1) is 15.3. The molecule has 1 aliphatic carbocycles. The van der Waals surface area contributed by atoms with Crippen LogP contribution in [0, 0.1) is 17.8 Å². The predicted octanol–water partition coefficient (Wildman–Crippen LogP) is 1.89. The lowest BCUT2D eigenvalue weighted by Crippen LogP contribution is -2.54. The van der Waals surface area contributed by atoms with Crippen molar-refractivity contribution in [2.75, 3.05) is 40.3 Å². The molecule has 0 amide bonds. The van der Waals surface area contributed by atoms with Crippen LogP contribution in [0.25, 0.3) is 0 Å². The van der Waals surface area contributed by atoms with Crippen molar-refractivity contribution in [2.24, 2.45) is 17.8 Å². The zero-order valence-electron chi connectivity index (χ0n) is 13.5. The van der Waals surface area contributed by atoms with E-state index in [1.807, 2.05) is 0 Å². The van der Waals surface area contributed by atoms with Gasteiger partial charge in [0.25, 0.3) is 0 Å². The molecule has 2 fully saturated rings. The van der Waals surface area contributed by atoms with Gasteiger partial charge in [0, 0.05) is 38.3 Å². The minimum absolute atomic E-state index is 0.708. The van der Waals surface area contributed by atoms with Gasteiger partial charge >= 0.3 is 0 Å². The van der Waals surface area contributed by atoms with Crippen molar-refractivity contribution < 1.29 is 0 Å². The Bertz CT molecular complexity index is 281. The predicted molar refractivity (Wildman–Crippen MR) is 82.4 cm³/mol. The number of piperazine rings is 1. The molecule has 2 rings (SSSR count). The van der Waals surface area contributed by atoms with Crippen LogP contribution in [-0.2, 0) is 0 Å². The van der Waals surface area contributed by atoms with E-state index in [9.17, 15) is 0 Å². The Morgan fingerprint density at radius 1 is 1.11 bits per heavy atom. The van der Waals surface area contributed by atoms with E-state index in [4.69, 9.17) is 0 Å². The normalized spacial score (nSPS) is 42.5. The maximum absolute atomic E-state index is 3.59. The first-order chi connectivity index (χ1) is 9.01. The molecular formula is C16H33N3. The lowest BCUT2D eigenvalue weighted by molar-refractivity contribution is 0.0555. The summed E-state index contributed by atoms with van der Waals surface area (Å²) in [6.07, 6.45) is 2.76. The fourth-order valence-corrected chi connectivity index (χ4v) is 4.14. The van der Waals surface area contributed by atoms with Gasteiger partial charge in [-0.25, -0.2) is 0 Å². The Balaban J connectivity index is 1.93. The molecule has 1 heterocycles. The minimum Gasteiger partial charge on any atom is -0.317 e. The van der Waals surface area contributed by atoms with E-state index in [1.54, 1.807) is 0 Å². The maximum atomic E-state index is 3.59. The molecule has 0 bridgehead atoms. The van der Waals surface area contributed by atoms with Crippen molar-refractivity contribution >= 4 is 0 Å². The summed E-state index contributed by atoms with van der Waals surface area (Å²) < 4.78 is 0. The second-order valence-corrected chi connectivity index (χ2v) is 7.20. The third-order valence-electron chi connectivity index (χ3n) is 5.56. The number of likely N-dealkylation sites (N-methyl/N-ethyl adjacent to an activating group) is 1. The van der Waals surface area contributed by atoms with Crippen molar-refractivity contribution in [1.82, 2.24) is 15.1 Å². The molecule has 3 heteroatoms. The molecule has 5 atom stereocenters. The Hall–Kier alpha value is -0.120. The molecule has 0 spiro atoms. The molecule has 0 aromatic carbocycles. The van der Waals surface area contributed by atoms with Crippen LogP contribution in [0.3, 0.4) is 0 Å². The van der Waals surface area contributed by atoms with Gasteiger partial charge in [-0.3, -0.25) is 0 Å². The zero-order valence-corrected chi connectivity index (χ0v) is 13.5. The highest BCUT2D eigenvalue weighted by atomic mass is 15.3. The summed E-state index contributed by atoms with van der Waals surface area (Å²) in [5.41, 5.74) is 0. The average Bonchev–Trinajstić information content (AvgIpc) is 2.36. The summed E-state index contributed by atoms with van der Waals surface area (Å²) >= 11 is 0. The molecule has 3 nitrogen and oxygen atoms in total. The van der Waals surface area contributed by atoms with Crippen molar-refractivity contribution in [3.05, 3.63) is 0 Å². The third-order valence-corrected chi connectivity index (χ3v) is 5.56. The Labute approximate surface area is 119 Å². The molecule has 0 radical (unpaired) electrons. The van der Waals surface area contributed by atoms with E-state index < -0.39 is 0 Å². The van der Waals surface area contributed by atoms with E-state index in [2.05, 4.69) is 50.0 Å². The monoisotopic (exact) mass is 267 g/mol. The molecule has 1 aliphatic heterocycles. The van der Waals surface area contributed by atoms with Gasteiger partial charge in [0.05, 0.1) is 0 Å². The van der Waals surface area contributed by atoms with Gasteiger partial charge in [-0.2, -0.15) is 0 Å². The van der Waals surface area contributed by atoms with E-state index in [0.29, 0.717) is 12.1 Å². The SMILES string of the molecule is CNC1CC(C)CC(C)C1CN1CCN(C)C(C)C1. The van der Waals surface area contributed by atoms with Gasteiger partial charge in [0.2, 0.25) is 0 Å². The summed E-state index contributed by atoms with van der Waals surface area (Å²) in [6.45, 7) is 12.2. The van der Waals surface area contributed by atoms with Crippen LogP contribution < -0.4 is 5.32 Å². The van der Waals surface area contributed by atoms with Gasteiger partial charge in [-0.1, -0.05) is 13.8 Å². The van der Waals surface area contributed by atoms with Crippen LogP contribution in [0.15, 0.2) is 0 Å². The van der Waals surface area contributed by atoms with E-state index in [-0.39, 0.29) is 0 Å². The highest BCUT2D eigenvalue weighted by Crippen LogP contribution is 2.34. The van der Waals surface area contributed by atoms with Crippen LogP contribution in [0.2, 0.25) is 0 Å². The lowest BCUT2D eigenvalue weighted by Gasteiger charge is -2.45. The number of nitrogens with zero attached hydrogens (tertiary/aromatic N) is 2. The zero-order chi connectivity index (χ0) is 14.0. The standard InChI is InChI=1S/C16H33N3/c1-12-8-13(2)15(16(9-12)17-4)11-19-7-6-18(5)14(3)10-19/h12-17H,6-11H2,1-5H3. The summed E-state index contributed by atoms with van der Waals surface area (Å²) in [5.74, 6) is 2.57. The van der Waals surface area contributed by atoms with Crippen LogP contribution in [0.4, 0.5) is 0 Å². The topological polar surface area (TPSA) is 18.5 Å². The lowest BCUT2D eigenvalue weighted by atomic mass is 9.72. The van der Waals surface area contributed by atoms with Crippen molar-refractivity contribution in [3.63, 3.8) is 0 Å². The van der Waals surface area contributed by atoms with Gasteiger partial charge in [0.15, 0.2) is 0 Å². The first-order valence-electron chi connectivity index (χ1n) is 8.11. The first-order valence-corrected chi connectivity index (χ1v) is 8.11. The van der Waals surface area contributed by atoms with E-state index in [0.717, 1.165) is 17.8 Å². The highest BCUT2D eigenvalue weighted by molar-refractivity contribution is 4.90. The molecular weight excluding hydrogens is 234 g/mol. The Morgan fingerprint density at radius 3 is 2.47 bits per heavy atom. The maximum Gasteiger partial charge on any atom is 0.0192 e. The number of nitrogens with one attached hydrogen (secondary N) is 1. The van der Waals surface area contributed by atoms with Gasteiger partial charge in [-0.15, -0.1) is 0 Å². The van der Waals surface area contributed by atoms with Crippen LogP contribution in [0.5, 0.6) is 0 Å². The van der Waals surface area contributed by atoms with Crippen LogP contribution in [-0.4, -0.2) is 62.2 Å². The number of rotatable bonds is 3. The molecule has 112 valence electrons. The summed E-state index contributed by atoms with van der Waals surface area (Å²) in [4.78, 5) is 5.19. The molecule has 1 saturated heterocycles. The van der Waals surface area contributed by atoms with Gasteiger partial charge in [0.1, 0.15) is 0 Å². The van der Waals surface area contributed by atoms with Crippen LogP contribution >= 0.6 is 0 Å². The number of hydrogen-bond acceptors (Lipinski definition) is 3. The fraction of sp³-hybridized carbons (Fsp3) is 1.00. The number of hydrogen-bond donors (Lipinski definition) is 1. The molecule has 0 aromatic heterocycles. The third kappa shape index (κ3) is 3.71. The highest BCUT2D eigenvalue weighted by Gasteiger charge is 2.35. The van der Waals surface area contributed by atoms with E-state index >= 15 is 0 Å². The Morgan fingerprint density at radius 2 is 1.84 bits per heavy atom. The summed E-state index contributed by atoms with van der Waals surface area (Å²) in [7, 11) is 4.40. The Kier molecular flexibility index (Phi) is 5.27. The second-order valence-electron chi connectivity index (χ2n) is 7.20. The quantitative estimate of drug-likeness (QED) is 0.842. The molecule has 1 N–H and O–H groups in total. The van der Waals surface area contributed by atoms with Gasteiger partial charge in [-0.05, 0) is 51.6 Å². The molecule has 5 unspecified atom stereocenters. The second kappa shape index (κ2) is 6.55.